The number of nitriles is 1. The average molecular weight is 390 g/mol. The zero-order valence-electron chi connectivity index (χ0n) is 17.8. The van der Waals surface area contributed by atoms with Crippen LogP contribution in [0.3, 0.4) is 0 Å². The third-order valence-corrected chi connectivity index (χ3v) is 7.29. The van der Waals surface area contributed by atoms with Crippen LogP contribution in [0.25, 0.3) is 0 Å². The number of rotatable bonds is 6. The first-order valence-electron chi connectivity index (χ1n) is 10.7. The zero-order chi connectivity index (χ0) is 20.5. The van der Waals surface area contributed by atoms with E-state index < -0.39 is 0 Å². The van der Waals surface area contributed by atoms with Crippen molar-refractivity contribution in [2.24, 2.45) is 11.3 Å². The molecule has 3 heterocycles. The highest BCUT2D eigenvalue weighted by molar-refractivity contribution is 5.31. The molecule has 0 N–H and O–H groups in total. The van der Waals surface area contributed by atoms with Crippen LogP contribution in [0.1, 0.15) is 49.1 Å². The van der Waals surface area contributed by atoms with Gasteiger partial charge in [-0.15, -0.1) is 0 Å². The standard InChI is InChI=1S/C25H31N3O/c1-19-4-9-22(15-27-19)24(2,3)28-13-12-25(18-28,23-16-29-17-23)11-10-20-5-7-21(14-26)8-6-20/h4-9,15,23H,10-13,16-18H2,1-3H3/t25-/m1/s1. The molecule has 1 aromatic heterocycles. The Bertz CT molecular complexity index is 878. The molecule has 0 saturated carbocycles. The molecule has 2 aliphatic rings. The molecule has 0 radical (unpaired) electrons. The van der Waals surface area contributed by atoms with Crippen LogP contribution in [0.15, 0.2) is 42.6 Å². The van der Waals surface area contributed by atoms with E-state index in [1.807, 2.05) is 25.3 Å². The van der Waals surface area contributed by atoms with Crippen LogP contribution in [0, 0.1) is 29.6 Å². The molecule has 0 spiro atoms. The summed E-state index contributed by atoms with van der Waals surface area (Å²) >= 11 is 0. The number of benzene rings is 1. The first-order chi connectivity index (χ1) is 13.9. The van der Waals surface area contributed by atoms with Gasteiger partial charge in [0.15, 0.2) is 0 Å². The summed E-state index contributed by atoms with van der Waals surface area (Å²) in [7, 11) is 0. The van der Waals surface area contributed by atoms with Gasteiger partial charge in [-0.1, -0.05) is 18.2 Å². The number of likely N-dealkylation sites (tertiary alicyclic amines) is 1. The van der Waals surface area contributed by atoms with Gasteiger partial charge in [0.05, 0.1) is 24.8 Å². The molecule has 29 heavy (non-hydrogen) atoms. The maximum Gasteiger partial charge on any atom is 0.0991 e. The molecule has 4 rings (SSSR count). The second-order valence-electron chi connectivity index (χ2n) is 9.32. The first-order valence-corrected chi connectivity index (χ1v) is 10.7. The average Bonchev–Trinajstić information content (AvgIpc) is 3.11. The van der Waals surface area contributed by atoms with Gasteiger partial charge >= 0.3 is 0 Å². The fourth-order valence-corrected chi connectivity index (χ4v) is 4.86. The molecule has 0 bridgehead atoms. The Hall–Kier alpha value is -2.22. The highest BCUT2D eigenvalue weighted by Gasteiger charge is 2.49. The van der Waals surface area contributed by atoms with E-state index in [9.17, 15) is 0 Å². The van der Waals surface area contributed by atoms with E-state index in [2.05, 4.69) is 54.1 Å². The fraction of sp³-hybridized carbons (Fsp3) is 0.520. The van der Waals surface area contributed by atoms with Crippen LogP contribution in [0.5, 0.6) is 0 Å². The molecule has 1 aromatic carbocycles. The molecule has 0 aliphatic carbocycles. The Kier molecular flexibility index (Phi) is 5.46. The van der Waals surface area contributed by atoms with Crippen molar-refractivity contribution in [1.82, 2.24) is 9.88 Å². The first kappa shape index (κ1) is 20.1. The molecule has 2 fully saturated rings. The lowest BCUT2D eigenvalue weighted by atomic mass is 9.69. The third kappa shape index (κ3) is 3.95. The molecule has 0 unspecified atom stereocenters. The van der Waals surface area contributed by atoms with Crippen molar-refractivity contribution < 1.29 is 4.74 Å². The Morgan fingerprint density at radius 3 is 2.55 bits per heavy atom. The number of hydrogen-bond acceptors (Lipinski definition) is 4. The van der Waals surface area contributed by atoms with E-state index in [0.717, 1.165) is 44.0 Å². The lowest BCUT2D eigenvalue weighted by Crippen LogP contribution is -2.48. The Labute approximate surface area is 174 Å². The minimum atomic E-state index is -0.0263. The third-order valence-electron chi connectivity index (χ3n) is 7.29. The van der Waals surface area contributed by atoms with E-state index in [4.69, 9.17) is 10.00 Å². The SMILES string of the molecule is Cc1ccc(C(C)(C)N2CC[C@@](CCc3ccc(C#N)cc3)(C3COC3)C2)cn1. The van der Waals surface area contributed by atoms with Gasteiger partial charge in [-0.05, 0) is 81.3 Å². The summed E-state index contributed by atoms with van der Waals surface area (Å²) < 4.78 is 5.61. The molecule has 4 heteroatoms. The molecule has 2 saturated heterocycles. The number of nitrogens with zero attached hydrogens (tertiary/aromatic N) is 3. The quantitative estimate of drug-likeness (QED) is 0.731. The number of aromatic nitrogens is 1. The van der Waals surface area contributed by atoms with Gasteiger partial charge in [-0.25, -0.2) is 0 Å². The van der Waals surface area contributed by atoms with E-state index >= 15 is 0 Å². The predicted molar refractivity (Wildman–Crippen MR) is 114 cm³/mol. The summed E-state index contributed by atoms with van der Waals surface area (Å²) in [5, 5.41) is 9.02. The van der Waals surface area contributed by atoms with Crippen LogP contribution < -0.4 is 0 Å². The van der Waals surface area contributed by atoms with E-state index in [-0.39, 0.29) is 5.54 Å². The highest BCUT2D eigenvalue weighted by Crippen LogP contribution is 2.48. The van der Waals surface area contributed by atoms with Crippen molar-refractivity contribution >= 4 is 0 Å². The maximum absolute atomic E-state index is 9.02. The van der Waals surface area contributed by atoms with Crippen LogP contribution >= 0.6 is 0 Å². The summed E-state index contributed by atoms with van der Waals surface area (Å²) in [5.41, 5.74) is 4.69. The van der Waals surface area contributed by atoms with Crippen LogP contribution in [0.2, 0.25) is 0 Å². The van der Waals surface area contributed by atoms with Gasteiger partial charge in [0.2, 0.25) is 0 Å². The lowest BCUT2D eigenvalue weighted by Gasteiger charge is -2.44. The largest absolute Gasteiger partial charge is 0.381 e. The number of pyridine rings is 1. The fourth-order valence-electron chi connectivity index (χ4n) is 4.86. The van der Waals surface area contributed by atoms with E-state index in [1.54, 1.807) is 0 Å². The molecule has 2 aromatic rings. The molecule has 152 valence electrons. The maximum atomic E-state index is 9.02. The molecule has 1 atom stereocenters. The van der Waals surface area contributed by atoms with Crippen molar-refractivity contribution in [3.63, 3.8) is 0 Å². The summed E-state index contributed by atoms with van der Waals surface area (Å²) in [6.07, 6.45) is 5.49. The predicted octanol–water partition coefficient (Wildman–Crippen LogP) is 4.47. The number of ether oxygens (including phenoxy) is 1. The summed E-state index contributed by atoms with van der Waals surface area (Å²) in [6, 6.07) is 14.6. The summed E-state index contributed by atoms with van der Waals surface area (Å²) in [5.74, 6) is 0.651. The Morgan fingerprint density at radius 1 is 1.21 bits per heavy atom. The summed E-state index contributed by atoms with van der Waals surface area (Å²) in [6.45, 7) is 10.7. The minimum absolute atomic E-state index is 0.0263. The van der Waals surface area contributed by atoms with Gasteiger partial charge in [-0.3, -0.25) is 9.88 Å². The summed E-state index contributed by atoms with van der Waals surface area (Å²) in [4.78, 5) is 7.19. The molecule has 4 nitrogen and oxygen atoms in total. The van der Waals surface area contributed by atoms with Crippen molar-refractivity contribution in [1.29, 1.82) is 5.26 Å². The normalized spacial score (nSPS) is 23.0. The second-order valence-corrected chi connectivity index (χ2v) is 9.32. The monoisotopic (exact) mass is 389 g/mol. The highest BCUT2D eigenvalue weighted by atomic mass is 16.5. The zero-order valence-corrected chi connectivity index (χ0v) is 17.8. The minimum Gasteiger partial charge on any atom is -0.381 e. The van der Waals surface area contributed by atoms with Gasteiger partial charge in [-0.2, -0.15) is 5.26 Å². The molecule has 2 aliphatic heterocycles. The van der Waals surface area contributed by atoms with Gasteiger partial charge in [0.25, 0.3) is 0 Å². The molecular formula is C25H31N3O. The Morgan fingerprint density at radius 2 is 1.97 bits per heavy atom. The Balaban J connectivity index is 1.50. The van der Waals surface area contributed by atoms with Crippen LogP contribution in [-0.2, 0) is 16.7 Å². The molecule has 0 amide bonds. The topological polar surface area (TPSA) is 49.2 Å². The lowest BCUT2D eigenvalue weighted by molar-refractivity contribution is -0.101. The van der Waals surface area contributed by atoms with Gasteiger partial charge in [0, 0.05) is 29.9 Å². The van der Waals surface area contributed by atoms with Crippen LogP contribution in [-0.4, -0.2) is 36.2 Å². The van der Waals surface area contributed by atoms with Crippen molar-refractivity contribution in [3.05, 3.63) is 65.0 Å². The van der Waals surface area contributed by atoms with Gasteiger partial charge < -0.3 is 4.74 Å². The van der Waals surface area contributed by atoms with E-state index in [1.165, 1.54) is 24.0 Å². The van der Waals surface area contributed by atoms with Crippen molar-refractivity contribution in [3.8, 4) is 6.07 Å². The second kappa shape index (κ2) is 7.89. The molecular weight excluding hydrogens is 358 g/mol. The smallest absolute Gasteiger partial charge is 0.0991 e. The van der Waals surface area contributed by atoms with Crippen LogP contribution in [0.4, 0.5) is 0 Å². The van der Waals surface area contributed by atoms with Crippen molar-refractivity contribution in [2.75, 3.05) is 26.3 Å². The van der Waals surface area contributed by atoms with E-state index in [0.29, 0.717) is 11.3 Å². The van der Waals surface area contributed by atoms with Gasteiger partial charge in [0.1, 0.15) is 0 Å². The van der Waals surface area contributed by atoms with Crippen molar-refractivity contribution in [2.45, 2.75) is 45.6 Å². The number of hydrogen-bond donors (Lipinski definition) is 0. The number of aryl methyl sites for hydroxylation is 2.